The van der Waals surface area contributed by atoms with E-state index in [1.807, 2.05) is 32.0 Å². The van der Waals surface area contributed by atoms with Crippen LogP contribution in [0.2, 0.25) is 5.02 Å². The number of carbonyl (C=O) groups is 2. The van der Waals surface area contributed by atoms with E-state index >= 15 is 0 Å². The SMILES string of the molecule is CCCNC(=O)C(C)N(Cc1cccc(Cl)c1)C(=O)CCCN(c1ccc(CC)cc1)S(C)(=O)=O. The Morgan fingerprint density at radius 3 is 2.31 bits per heavy atom. The van der Waals surface area contributed by atoms with Gasteiger partial charge < -0.3 is 10.2 Å². The zero-order valence-electron chi connectivity index (χ0n) is 21.0. The fourth-order valence-corrected chi connectivity index (χ4v) is 4.89. The molecule has 2 rings (SSSR count). The Bertz CT molecular complexity index is 1090. The van der Waals surface area contributed by atoms with Gasteiger partial charge in [0, 0.05) is 31.1 Å². The van der Waals surface area contributed by atoms with Gasteiger partial charge in [0.05, 0.1) is 11.9 Å². The summed E-state index contributed by atoms with van der Waals surface area (Å²) in [6.45, 7) is 6.62. The summed E-state index contributed by atoms with van der Waals surface area (Å²) in [5.41, 5.74) is 2.50. The number of nitrogens with one attached hydrogen (secondary N) is 1. The molecule has 7 nitrogen and oxygen atoms in total. The molecule has 0 spiro atoms. The van der Waals surface area contributed by atoms with Crippen LogP contribution in [-0.4, -0.2) is 50.5 Å². The van der Waals surface area contributed by atoms with Crippen LogP contribution in [0.25, 0.3) is 0 Å². The molecule has 35 heavy (non-hydrogen) atoms. The highest BCUT2D eigenvalue weighted by Gasteiger charge is 2.26. The van der Waals surface area contributed by atoms with Gasteiger partial charge in [0.2, 0.25) is 21.8 Å². The molecule has 2 amide bonds. The normalized spacial score (nSPS) is 12.1. The molecule has 1 unspecified atom stereocenters. The van der Waals surface area contributed by atoms with Crippen molar-refractivity contribution < 1.29 is 18.0 Å². The van der Waals surface area contributed by atoms with Crippen LogP contribution in [0.4, 0.5) is 5.69 Å². The van der Waals surface area contributed by atoms with Crippen molar-refractivity contribution in [2.75, 3.05) is 23.7 Å². The van der Waals surface area contributed by atoms with Crippen LogP contribution < -0.4 is 9.62 Å². The van der Waals surface area contributed by atoms with Crippen molar-refractivity contribution in [1.82, 2.24) is 10.2 Å². The first kappa shape index (κ1) is 28.7. The number of sulfonamides is 1. The highest BCUT2D eigenvalue weighted by Crippen LogP contribution is 2.20. The third-order valence-corrected chi connectivity index (χ3v) is 7.17. The first-order valence-corrected chi connectivity index (χ1v) is 14.2. The zero-order valence-corrected chi connectivity index (χ0v) is 22.5. The number of aryl methyl sites for hydroxylation is 1. The number of rotatable bonds is 13. The van der Waals surface area contributed by atoms with Crippen molar-refractivity contribution in [1.29, 1.82) is 0 Å². The van der Waals surface area contributed by atoms with Gasteiger partial charge in [-0.15, -0.1) is 0 Å². The first-order chi connectivity index (χ1) is 16.6. The standard InChI is InChI=1S/C26H36ClN3O4S/c1-5-16-28-26(32)20(3)29(19-22-9-7-10-23(27)18-22)25(31)11-8-17-30(35(4,33)34)24-14-12-21(6-2)13-15-24/h7,9-10,12-15,18,20H,5-6,8,11,16-17,19H2,1-4H3,(H,28,32). The lowest BCUT2D eigenvalue weighted by Crippen LogP contribution is -2.47. The Morgan fingerprint density at radius 1 is 1.06 bits per heavy atom. The summed E-state index contributed by atoms with van der Waals surface area (Å²) in [6, 6.07) is 13.9. The smallest absolute Gasteiger partial charge is 0.242 e. The lowest BCUT2D eigenvalue weighted by molar-refractivity contribution is -0.140. The van der Waals surface area contributed by atoms with E-state index in [0.717, 1.165) is 30.2 Å². The molecule has 0 heterocycles. The maximum absolute atomic E-state index is 13.2. The van der Waals surface area contributed by atoms with E-state index in [1.165, 1.54) is 9.21 Å². The van der Waals surface area contributed by atoms with Gasteiger partial charge in [0.15, 0.2) is 0 Å². The Labute approximate surface area is 214 Å². The number of hydrogen-bond acceptors (Lipinski definition) is 4. The van der Waals surface area contributed by atoms with Crippen LogP contribution in [0.3, 0.4) is 0 Å². The third kappa shape index (κ3) is 8.85. The number of halogens is 1. The molecule has 9 heteroatoms. The van der Waals surface area contributed by atoms with Crippen molar-refractivity contribution in [2.45, 2.75) is 59.0 Å². The number of benzene rings is 2. The minimum absolute atomic E-state index is 0.102. The second-order valence-electron chi connectivity index (χ2n) is 8.58. The second-order valence-corrected chi connectivity index (χ2v) is 10.9. The molecule has 0 saturated heterocycles. The van der Waals surface area contributed by atoms with E-state index in [9.17, 15) is 18.0 Å². The molecule has 2 aromatic rings. The lowest BCUT2D eigenvalue weighted by atomic mass is 10.1. The summed E-state index contributed by atoms with van der Waals surface area (Å²) in [4.78, 5) is 27.4. The van der Waals surface area contributed by atoms with Gasteiger partial charge in [-0.3, -0.25) is 13.9 Å². The summed E-state index contributed by atoms with van der Waals surface area (Å²) in [6.07, 6.45) is 3.23. The highest BCUT2D eigenvalue weighted by atomic mass is 35.5. The van der Waals surface area contributed by atoms with E-state index < -0.39 is 16.1 Å². The summed E-state index contributed by atoms with van der Waals surface area (Å²) in [5, 5.41) is 3.39. The average molecular weight is 522 g/mol. The summed E-state index contributed by atoms with van der Waals surface area (Å²) < 4.78 is 26.2. The maximum atomic E-state index is 13.2. The Kier molecular flexibility index (Phi) is 11.0. The minimum Gasteiger partial charge on any atom is -0.354 e. The predicted octanol–water partition coefficient (Wildman–Crippen LogP) is 4.39. The van der Waals surface area contributed by atoms with Gasteiger partial charge in [0.1, 0.15) is 6.04 Å². The second kappa shape index (κ2) is 13.5. The molecule has 2 aromatic carbocycles. The van der Waals surface area contributed by atoms with Crippen LogP contribution in [0.15, 0.2) is 48.5 Å². The van der Waals surface area contributed by atoms with Crippen molar-refractivity contribution in [3.63, 3.8) is 0 Å². The van der Waals surface area contributed by atoms with Crippen LogP contribution in [-0.2, 0) is 32.6 Å². The molecule has 1 N–H and O–H groups in total. The quantitative estimate of drug-likeness (QED) is 0.423. The largest absolute Gasteiger partial charge is 0.354 e. The van der Waals surface area contributed by atoms with Gasteiger partial charge in [-0.2, -0.15) is 0 Å². The molecule has 0 aliphatic rings. The summed E-state index contributed by atoms with van der Waals surface area (Å²) in [5.74, 6) is -0.449. The minimum atomic E-state index is -3.52. The van der Waals surface area contributed by atoms with Gasteiger partial charge in [-0.25, -0.2) is 8.42 Å². The molecule has 192 valence electrons. The third-order valence-electron chi connectivity index (χ3n) is 5.74. The van der Waals surface area contributed by atoms with Gasteiger partial charge in [-0.1, -0.05) is 49.7 Å². The van der Waals surface area contributed by atoms with Crippen molar-refractivity contribution in [3.8, 4) is 0 Å². The Morgan fingerprint density at radius 2 is 1.74 bits per heavy atom. The van der Waals surface area contributed by atoms with Crippen molar-refractivity contribution >= 4 is 39.1 Å². The van der Waals surface area contributed by atoms with E-state index in [4.69, 9.17) is 11.6 Å². The van der Waals surface area contributed by atoms with Crippen molar-refractivity contribution in [2.24, 2.45) is 0 Å². The molecule has 0 aromatic heterocycles. The molecule has 0 radical (unpaired) electrons. The predicted molar refractivity (Wildman–Crippen MR) is 142 cm³/mol. The number of anilines is 1. The lowest BCUT2D eigenvalue weighted by Gasteiger charge is -2.29. The summed E-state index contributed by atoms with van der Waals surface area (Å²) in [7, 11) is -3.52. The fraction of sp³-hybridized carbons (Fsp3) is 0.462. The van der Waals surface area contributed by atoms with Crippen LogP contribution in [0, 0.1) is 0 Å². The molecule has 1 atom stereocenters. The van der Waals surface area contributed by atoms with E-state index in [-0.39, 0.29) is 31.3 Å². The number of nitrogens with zero attached hydrogens (tertiary/aromatic N) is 2. The first-order valence-electron chi connectivity index (χ1n) is 11.9. The molecular formula is C26H36ClN3O4S. The topological polar surface area (TPSA) is 86.8 Å². The zero-order chi connectivity index (χ0) is 26.0. The molecule has 0 aliphatic heterocycles. The van der Waals surface area contributed by atoms with Gasteiger partial charge in [0.25, 0.3) is 0 Å². The molecule has 0 saturated carbocycles. The Hall–Kier alpha value is -2.58. The fourth-order valence-electron chi connectivity index (χ4n) is 3.71. The number of amides is 2. The average Bonchev–Trinajstić information content (AvgIpc) is 2.82. The maximum Gasteiger partial charge on any atom is 0.242 e. The van der Waals surface area contributed by atoms with E-state index in [0.29, 0.717) is 23.7 Å². The van der Waals surface area contributed by atoms with Crippen LogP contribution in [0.1, 0.15) is 51.2 Å². The van der Waals surface area contributed by atoms with Crippen LogP contribution >= 0.6 is 11.6 Å². The van der Waals surface area contributed by atoms with Gasteiger partial charge in [-0.05, 0) is 61.6 Å². The number of carbonyl (C=O) groups excluding carboxylic acids is 2. The van der Waals surface area contributed by atoms with Crippen LogP contribution in [0.5, 0.6) is 0 Å². The van der Waals surface area contributed by atoms with Crippen molar-refractivity contribution in [3.05, 3.63) is 64.7 Å². The summed E-state index contributed by atoms with van der Waals surface area (Å²) >= 11 is 6.11. The monoisotopic (exact) mass is 521 g/mol. The highest BCUT2D eigenvalue weighted by molar-refractivity contribution is 7.92. The van der Waals surface area contributed by atoms with Gasteiger partial charge >= 0.3 is 0 Å². The molecule has 0 bridgehead atoms. The number of hydrogen-bond donors (Lipinski definition) is 1. The Balaban J connectivity index is 2.14. The molecular weight excluding hydrogens is 486 g/mol. The van der Waals surface area contributed by atoms with E-state index in [2.05, 4.69) is 5.32 Å². The molecule has 0 fully saturated rings. The molecule has 0 aliphatic carbocycles. The van der Waals surface area contributed by atoms with E-state index in [1.54, 1.807) is 37.3 Å².